The molecule has 13 heteroatoms. The largest absolute Gasteiger partial charge is 0.478 e. The minimum atomic E-state index is -4.97. The highest BCUT2D eigenvalue weighted by atomic mass is 32.2. The van der Waals surface area contributed by atoms with Crippen molar-refractivity contribution in [3.8, 4) is 0 Å². The lowest BCUT2D eigenvalue weighted by Crippen LogP contribution is -2.40. The van der Waals surface area contributed by atoms with Crippen LogP contribution >= 0.6 is 0 Å². The van der Waals surface area contributed by atoms with Gasteiger partial charge in [0.1, 0.15) is 5.56 Å². The molecule has 0 fully saturated rings. The van der Waals surface area contributed by atoms with Gasteiger partial charge in [-0.25, -0.2) is 23.2 Å². The highest BCUT2D eigenvalue weighted by Gasteiger charge is 2.40. The van der Waals surface area contributed by atoms with E-state index in [1.165, 1.54) is 12.1 Å². The van der Waals surface area contributed by atoms with E-state index >= 15 is 0 Å². The van der Waals surface area contributed by atoms with Crippen molar-refractivity contribution in [3.05, 3.63) is 82.2 Å². The van der Waals surface area contributed by atoms with E-state index in [0.717, 1.165) is 16.7 Å². The topological polar surface area (TPSA) is 130 Å². The average Bonchev–Trinajstić information content (AvgIpc) is 2.94. The Labute approximate surface area is 235 Å². The van der Waals surface area contributed by atoms with Gasteiger partial charge in [0, 0.05) is 24.8 Å². The predicted octanol–water partition coefficient (Wildman–Crippen LogP) is 4.68. The zero-order valence-corrected chi connectivity index (χ0v) is 23.4. The molecule has 1 aliphatic heterocycles. The van der Waals surface area contributed by atoms with Crippen molar-refractivity contribution in [2.24, 2.45) is 5.92 Å². The smallest absolute Gasteiger partial charge is 0.434 e. The van der Waals surface area contributed by atoms with Crippen LogP contribution < -0.4 is 10.2 Å². The number of alkyl halides is 3. The lowest BCUT2D eigenvalue weighted by molar-refractivity contribution is -0.141. The summed E-state index contributed by atoms with van der Waals surface area (Å²) in [5.41, 5.74) is 0.296. The molecule has 0 saturated heterocycles. The number of rotatable bonds is 8. The molecular formula is C28H29F3N4O5S. The summed E-state index contributed by atoms with van der Waals surface area (Å²) in [5.74, 6) is -2.39. The van der Waals surface area contributed by atoms with Crippen LogP contribution in [-0.2, 0) is 29.0 Å². The lowest BCUT2D eigenvalue weighted by atomic mass is 9.85. The molecule has 1 aromatic heterocycles. The average molecular weight is 591 g/mol. The third-order valence-corrected chi connectivity index (χ3v) is 8.71. The highest BCUT2D eigenvalue weighted by molar-refractivity contribution is 7.91. The number of nitrogens with one attached hydrogen (secondary N) is 1. The molecule has 3 aromatic rings. The predicted molar refractivity (Wildman–Crippen MR) is 144 cm³/mol. The van der Waals surface area contributed by atoms with Gasteiger partial charge in [0.2, 0.25) is 5.95 Å². The summed E-state index contributed by atoms with van der Waals surface area (Å²) in [5, 5.41) is 12.0. The molecule has 1 amide bonds. The number of carboxylic acid groups (broad SMARTS) is 1. The van der Waals surface area contributed by atoms with Crippen LogP contribution in [0.3, 0.4) is 0 Å². The number of fused-ring (bicyclic) bond motifs is 1. The summed E-state index contributed by atoms with van der Waals surface area (Å²) in [7, 11) is -3.32. The van der Waals surface area contributed by atoms with E-state index in [-0.39, 0.29) is 41.5 Å². The van der Waals surface area contributed by atoms with E-state index in [9.17, 15) is 36.3 Å². The second-order valence-corrected chi connectivity index (χ2v) is 12.3. The number of halogens is 3. The fraction of sp³-hybridized carbons (Fsp3) is 0.357. The van der Waals surface area contributed by atoms with E-state index in [0.29, 0.717) is 18.2 Å². The van der Waals surface area contributed by atoms with Crippen LogP contribution in [0.2, 0.25) is 0 Å². The van der Waals surface area contributed by atoms with Crippen LogP contribution in [0.25, 0.3) is 0 Å². The fourth-order valence-corrected chi connectivity index (χ4v) is 5.78. The molecule has 1 atom stereocenters. The Hall–Kier alpha value is -4.00. The first-order valence-corrected chi connectivity index (χ1v) is 14.5. The van der Waals surface area contributed by atoms with Crippen LogP contribution in [0.1, 0.15) is 69.9 Å². The monoisotopic (exact) mass is 590 g/mol. The highest BCUT2D eigenvalue weighted by Crippen LogP contribution is 2.39. The summed E-state index contributed by atoms with van der Waals surface area (Å²) in [6.45, 7) is 5.83. The number of carbonyl (C=O) groups is 2. The van der Waals surface area contributed by atoms with Crippen molar-refractivity contribution in [3.63, 3.8) is 0 Å². The van der Waals surface area contributed by atoms with Crippen LogP contribution in [-0.4, -0.2) is 47.7 Å². The lowest BCUT2D eigenvalue weighted by Gasteiger charge is -2.40. The Kier molecular flexibility index (Phi) is 8.39. The second kappa shape index (κ2) is 11.5. The Morgan fingerprint density at radius 1 is 1.15 bits per heavy atom. The first-order chi connectivity index (χ1) is 19.2. The maximum atomic E-state index is 13.6. The van der Waals surface area contributed by atoms with E-state index in [2.05, 4.69) is 15.3 Å². The van der Waals surface area contributed by atoms with Crippen molar-refractivity contribution in [2.45, 2.75) is 50.9 Å². The summed E-state index contributed by atoms with van der Waals surface area (Å²) in [6, 6.07) is 11.1. The van der Waals surface area contributed by atoms with E-state index in [1.54, 1.807) is 42.2 Å². The number of sulfone groups is 1. The first-order valence-electron chi connectivity index (χ1n) is 12.9. The number of benzene rings is 2. The molecule has 1 aliphatic rings. The Bertz CT molecular complexity index is 1570. The number of hydrogen-bond acceptors (Lipinski definition) is 7. The van der Waals surface area contributed by atoms with Gasteiger partial charge in [0.15, 0.2) is 15.5 Å². The van der Waals surface area contributed by atoms with Gasteiger partial charge in [-0.1, -0.05) is 39.0 Å². The molecule has 41 heavy (non-hydrogen) atoms. The molecule has 0 bridgehead atoms. The molecule has 9 nitrogen and oxygen atoms in total. The molecule has 0 radical (unpaired) electrons. The van der Waals surface area contributed by atoms with Crippen molar-refractivity contribution in [2.75, 3.05) is 17.2 Å². The summed E-state index contributed by atoms with van der Waals surface area (Å²) >= 11 is 0. The van der Waals surface area contributed by atoms with Gasteiger partial charge >= 0.3 is 12.1 Å². The molecule has 4 rings (SSSR count). The second-order valence-electron chi connectivity index (χ2n) is 10.0. The minimum Gasteiger partial charge on any atom is -0.478 e. The van der Waals surface area contributed by atoms with Crippen LogP contribution in [0, 0.1) is 5.92 Å². The summed E-state index contributed by atoms with van der Waals surface area (Å²) in [6.07, 6.45) is -3.88. The van der Waals surface area contributed by atoms with Crippen molar-refractivity contribution in [1.29, 1.82) is 0 Å². The quantitative estimate of drug-likeness (QED) is 0.387. The van der Waals surface area contributed by atoms with Gasteiger partial charge < -0.3 is 15.3 Å². The molecule has 0 unspecified atom stereocenters. The SMILES string of the molecule is CCS(=O)(=O)c1ccc(CNC(=O)c2ccc3c(c2)CCN(c2ncc(C(=O)O)c(C(F)(F)F)n2)[C@@H]3C(C)C)cc1. The zero-order chi connectivity index (χ0) is 30.1. The number of carbonyl (C=O) groups excluding carboxylic acids is 1. The van der Waals surface area contributed by atoms with E-state index in [1.807, 2.05) is 13.8 Å². The van der Waals surface area contributed by atoms with E-state index in [4.69, 9.17) is 0 Å². The normalized spacial score (nSPS) is 15.5. The number of anilines is 1. The van der Waals surface area contributed by atoms with Gasteiger partial charge in [0.25, 0.3) is 5.91 Å². The van der Waals surface area contributed by atoms with Crippen LogP contribution in [0.15, 0.2) is 53.6 Å². The number of aromatic carboxylic acids is 1. The minimum absolute atomic E-state index is 0.00450. The number of hydrogen-bond donors (Lipinski definition) is 2. The molecular weight excluding hydrogens is 561 g/mol. The van der Waals surface area contributed by atoms with E-state index < -0.39 is 39.3 Å². The fourth-order valence-electron chi connectivity index (χ4n) is 4.89. The number of nitrogens with zero attached hydrogens (tertiary/aromatic N) is 3. The number of carboxylic acids is 1. The Balaban J connectivity index is 1.55. The molecule has 2 heterocycles. The van der Waals surface area contributed by atoms with Crippen molar-refractivity contribution in [1.82, 2.24) is 15.3 Å². The van der Waals surface area contributed by atoms with Gasteiger partial charge in [0.05, 0.1) is 16.7 Å². The first kappa shape index (κ1) is 30.0. The molecule has 0 spiro atoms. The third-order valence-electron chi connectivity index (χ3n) is 6.96. The molecule has 2 aromatic carbocycles. The van der Waals surface area contributed by atoms with Crippen LogP contribution in [0.4, 0.5) is 19.1 Å². The third kappa shape index (κ3) is 6.34. The standard InChI is InChI=1S/C28H29F3N4O5S/c1-4-41(39,40)20-8-5-17(6-9-20)14-32-25(36)19-7-10-21-18(13-19)11-12-35(23(21)16(2)3)27-33-15-22(26(37)38)24(34-27)28(29,30)31/h5-10,13,15-16,23H,4,11-12,14H2,1-3H3,(H,32,36)(H,37,38)/t23-/m1/s1. The van der Waals surface area contributed by atoms with Gasteiger partial charge in [-0.2, -0.15) is 13.2 Å². The van der Waals surface area contributed by atoms with Crippen molar-refractivity contribution < 1.29 is 36.3 Å². The summed E-state index contributed by atoms with van der Waals surface area (Å²) in [4.78, 5) is 33.7. The maximum absolute atomic E-state index is 13.6. The Morgan fingerprint density at radius 3 is 2.41 bits per heavy atom. The molecule has 0 saturated carbocycles. The van der Waals surface area contributed by atoms with Gasteiger partial charge in [-0.05, 0) is 53.3 Å². The van der Waals surface area contributed by atoms with Gasteiger partial charge in [-0.15, -0.1) is 0 Å². The number of amides is 1. The Morgan fingerprint density at radius 2 is 1.83 bits per heavy atom. The molecule has 218 valence electrons. The zero-order valence-electron chi connectivity index (χ0n) is 22.6. The van der Waals surface area contributed by atoms with Crippen LogP contribution in [0.5, 0.6) is 0 Å². The van der Waals surface area contributed by atoms with Crippen molar-refractivity contribution >= 4 is 27.7 Å². The molecule has 2 N–H and O–H groups in total. The summed E-state index contributed by atoms with van der Waals surface area (Å²) < 4.78 is 64.7. The maximum Gasteiger partial charge on any atom is 0.434 e. The molecule has 0 aliphatic carbocycles. The van der Waals surface area contributed by atoms with Gasteiger partial charge in [-0.3, -0.25) is 4.79 Å². The number of aromatic nitrogens is 2.